The average Bonchev–Trinajstić information content (AvgIpc) is 3.23. The lowest BCUT2D eigenvalue weighted by Gasteiger charge is -2.23. The van der Waals surface area contributed by atoms with E-state index in [1.165, 1.54) is 218 Å². The van der Waals surface area contributed by atoms with Gasteiger partial charge in [-0.3, -0.25) is 4.79 Å². The molecule has 0 aromatic rings. The minimum absolute atomic E-state index is 0.314. The first kappa shape index (κ1) is 56.8. The Labute approximate surface area is 362 Å². The number of hydrogen-bond acceptors (Lipinski definition) is 4. The fraction of sp³-hybridized carbons (Fsp3) is 0.906. The van der Waals surface area contributed by atoms with Crippen LogP contribution in [0.3, 0.4) is 0 Å². The summed E-state index contributed by atoms with van der Waals surface area (Å²) in [6.45, 7) is 4.26. The Balaban J connectivity index is 3.58. The molecule has 344 valence electrons. The summed E-state index contributed by atoms with van der Waals surface area (Å²) in [4.78, 5) is 12.5. The molecule has 0 aromatic carbocycles. The van der Waals surface area contributed by atoms with Crippen LogP contribution >= 0.6 is 0 Å². The average molecular weight is 818 g/mol. The van der Waals surface area contributed by atoms with E-state index in [0.717, 1.165) is 38.5 Å². The predicted molar refractivity (Wildman–Crippen MR) is 255 cm³/mol. The Hall–Kier alpha value is -1.17. The zero-order valence-corrected chi connectivity index (χ0v) is 39.2. The summed E-state index contributed by atoms with van der Waals surface area (Å²) in [5.74, 6) is -0.472. The topological polar surface area (TPSA) is 89.8 Å². The van der Waals surface area contributed by atoms with Crippen molar-refractivity contribution >= 4 is 5.91 Å². The maximum absolute atomic E-state index is 12.5. The monoisotopic (exact) mass is 818 g/mol. The highest BCUT2D eigenvalue weighted by molar-refractivity contribution is 5.80. The lowest BCUT2D eigenvalue weighted by Crippen LogP contribution is -2.49. The van der Waals surface area contributed by atoms with Gasteiger partial charge in [-0.2, -0.15) is 0 Å². The van der Waals surface area contributed by atoms with E-state index in [-0.39, 0.29) is 6.61 Å². The molecule has 0 heterocycles. The van der Waals surface area contributed by atoms with Gasteiger partial charge in [-0.15, -0.1) is 0 Å². The van der Waals surface area contributed by atoms with Crippen molar-refractivity contribution in [1.29, 1.82) is 0 Å². The third kappa shape index (κ3) is 42.9. The van der Waals surface area contributed by atoms with Crippen molar-refractivity contribution in [1.82, 2.24) is 5.32 Å². The van der Waals surface area contributed by atoms with Gasteiger partial charge in [0.05, 0.1) is 18.8 Å². The van der Waals surface area contributed by atoms with Gasteiger partial charge in [0.25, 0.3) is 0 Å². The largest absolute Gasteiger partial charge is 0.394 e. The minimum Gasteiger partial charge on any atom is -0.394 e. The number of unbranched alkanes of at least 4 members (excludes halogenated alkanes) is 36. The Morgan fingerprint density at radius 2 is 0.707 bits per heavy atom. The van der Waals surface area contributed by atoms with E-state index in [0.29, 0.717) is 12.8 Å². The predicted octanol–water partition coefficient (Wildman–Crippen LogP) is 15.7. The first-order valence-electron chi connectivity index (χ1n) is 26.1. The molecule has 4 N–H and O–H groups in total. The second kappa shape index (κ2) is 48.5. The number of carbonyl (C=O) groups excluding carboxylic acids is 1. The molecule has 0 rings (SSSR count). The molecule has 3 atom stereocenters. The summed E-state index contributed by atoms with van der Waals surface area (Å²) >= 11 is 0. The van der Waals surface area contributed by atoms with Gasteiger partial charge in [0.1, 0.15) is 6.10 Å². The molecule has 0 bridgehead atoms. The zero-order valence-electron chi connectivity index (χ0n) is 39.2. The Bertz CT molecular complexity index is 859. The number of amides is 1. The van der Waals surface area contributed by atoms with E-state index in [1.807, 2.05) is 0 Å². The fourth-order valence-electron chi connectivity index (χ4n) is 8.22. The van der Waals surface area contributed by atoms with Gasteiger partial charge in [-0.1, -0.05) is 263 Å². The molecule has 5 nitrogen and oxygen atoms in total. The molecule has 5 heteroatoms. The van der Waals surface area contributed by atoms with E-state index >= 15 is 0 Å². The summed E-state index contributed by atoms with van der Waals surface area (Å²) in [6.07, 6.45) is 60.6. The number of hydrogen-bond donors (Lipinski definition) is 4. The Morgan fingerprint density at radius 3 is 1.03 bits per heavy atom. The standard InChI is InChI=1S/C53H103NO4/c1-3-5-7-9-11-13-15-17-19-21-23-25-26-27-28-30-32-34-36-38-40-42-44-46-48-52(57)53(58)54-50(49-55)51(56)47-45-43-41-39-37-35-33-31-29-24-22-20-18-16-14-12-10-8-6-4-2/h23,25,27-28,50-52,55-57H,3-22,24,26,29-49H2,1-2H3,(H,54,58)/b25-23-,28-27-. The first-order valence-corrected chi connectivity index (χ1v) is 26.1. The molecule has 0 aromatic heterocycles. The maximum atomic E-state index is 12.5. The molecular formula is C53H103NO4. The van der Waals surface area contributed by atoms with Crippen LogP contribution in [0.4, 0.5) is 0 Å². The van der Waals surface area contributed by atoms with E-state index < -0.39 is 24.2 Å². The van der Waals surface area contributed by atoms with Crippen molar-refractivity contribution in [3.63, 3.8) is 0 Å². The molecule has 0 aliphatic carbocycles. The van der Waals surface area contributed by atoms with Crippen LogP contribution in [-0.2, 0) is 4.79 Å². The molecule has 0 saturated heterocycles. The van der Waals surface area contributed by atoms with Crippen LogP contribution in [0.2, 0.25) is 0 Å². The van der Waals surface area contributed by atoms with Crippen molar-refractivity contribution in [3.05, 3.63) is 24.3 Å². The lowest BCUT2D eigenvalue weighted by atomic mass is 10.0. The van der Waals surface area contributed by atoms with Crippen molar-refractivity contribution < 1.29 is 20.1 Å². The van der Waals surface area contributed by atoms with E-state index in [1.54, 1.807) is 0 Å². The van der Waals surface area contributed by atoms with Crippen LogP contribution in [0.1, 0.15) is 284 Å². The first-order chi connectivity index (χ1) is 28.6. The number of carbonyl (C=O) groups is 1. The third-order valence-electron chi connectivity index (χ3n) is 12.3. The number of nitrogens with one attached hydrogen (secondary N) is 1. The molecule has 0 aliphatic heterocycles. The van der Waals surface area contributed by atoms with Crippen LogP contribution in [-0.4, -0.2) is 46.1 Å². The highest BCUT2D eigenvalue weighted by Crippen LogP contribution is 2.17. The van der Waals surface area contributed by atoms with Gasteiger partial charge in [-0.05, 0) is 44.9 Å². The van der Waals surface area contributed by atoms with Crippen molar-refractivity contribution in [2.24, 2.45) is 0 Å². The summed E-state index contributed by atoms with van der Waals surface area (Å²) in [6, 6.07) is -0.714. The van der Waals surface area contributed by atoms with Crippen LogP contribution in [0, 0.1) is 0 Å². The van der Waals surface area contributed by atoms with Gasteiger partial charge in [0, 0.05) is 0 Å². The molecule has 0 saturated carbocycles. The van der Waals surface area contributed by atoms with E-state index in [4.69, 9.17) is 0 Å². The van der Waals surface area contributed by atoms with Crippen LogP contribution < -0.4 is 5.32 Å². The van der Waals surface area contributed by atoms with E-state index in [2.05, 4.69) is 43.5 Å². The summed E-state index contributed by atoms with van der Waals surface area (Å²) in [5, 5.41) is 33.5. The third-order valence-corrected chi connectivity index (χ3v) is 12.3. The number of aliphatic hydroxyl groups is 3. The van der Waals surface area contributed by atoms with Gasteiger partial charge < -0.3 is 20.6 Å². The van der Waals surface area contributed by atoms with Crippen LogP contribution in [0.25, 0.3) is 0 Å². The second-order valence-electron chi connectivity index (χ2n) is 18.1. The SMILES string of the molecule is CCCCCCCCCCC/C=C\C/C=C\CCCCCCCCCCC(O)C(=O)NC(CO)C(O)CCCCCCCCCCCCCCCCCCCCCC. The Morgan fingerprint density at radius 1 is 0.414 bits per heavy atom. The smallest absolute Gasteiger partial charge is 0.249 e. The number of rotatable bonds is 48. The van der Waals surface area contributed by atoms with E-state index in [9.17, 15) is 20.1 Å². The van der Waals surface area contributed by atoms with Crippen molar-refractivity contribution in [3.8, 4) is 0 Å². The molecule has 3 unspecified atom stereocenters. The summed E-state index contributed by atoms with van der Waals surface area (Å²) in [5.41, 5.74) is 0. The van der Waals surface area contributed by atoms with Gasteiger partial charge in [-0.25, -0.2) is 0 Å². The number of allylic oxidation sites excluding steroid dienone is 4. The summed E-state index contributed by atoms with van der Waals surface area (Å²) in [7, 11) is 0. The van der Waals surface area contributed by atoms with Gasteiger partial charge in [0.15, 0.2) is 0 Å². The molecule has 1 amide bonds. The lowest BCUT2D eigenvalue weighted by molar-refractivity contribution is -0.131. The van der Waals surface area contributed by atoms with Gasteiger partial charge in [0.2, 0.25) is 5.91 Å². The highest BCUT2D eigenvalue weighted by atomic mass is 16.3. The maximum Gasteiger partial charge on any atom is 0.249 e. The molecule has 0 radical (unpaired) electrons. The molecule has 0 aliphatic rings. The highest BCUT2D eigenvalue weighted by Gasteiger charge is 2.23. The second-order valence-corrected chi connectivity index (χ2v) is 18.1. The zero-order chi connectivity index (χ0) is 42.3. The van der Waals surface area contributed by atoms with Gasteiger partial charge >= 0.3 is 0 Å². The Kier molecular flexibility index (Phi) is 47.5. The summed E-state index contributed by atoms with van der Waals surface area (Å²) < 4.78 is 0. The van der Waals surface area contributed by atoms with Crippen molar-refractivity contribution in [2.75, 3.05) is 6.61 Å². The number of aliphatic hydroxyl groups excluding tert-OH is 3. The van der Waals surface area contributed by atoms with Crippen LogP contribution in [0.5, 0.6) is 0 Å². The quantitative estimate of drug-likeness (QED) is 0.0364. The molecule has 0 fully saturated rings. The van der Waals surface area contributed by atoms with Crippen LogP contribution in [0.15, 0.2) is 24.3 Å². The molecule has 58 heavy (non-hydrogen) atoms. The molecule has 0 spiro atoms. The normalized spacial score (nSPS) is 13.5. The fourth-order valence-corrected chi connectivity index (χ4v) is 8.22. The molecular weight excluding hydrogens is 715 g/mol. The minimum atomic E-state index is -1.08. The van der Waals surface area contributed by atoms with Crippen molar-refractivity contribution in [2.45, 2.75) is 302 Å².